The van der Waals surface area contributed by atoms with Crippen LogP contribution in [0.3, 0.4) is 0 Å². The van der Waals surface area contributed by atoms with E-state index in [0.29, 0.717) is 18.5 Å². The largest absolute Gasteiger partial charge is 0.396 e. The number of halogens is 1. The quantitative estimate of drug-likeness (QED) is 0.467. The van der Waals surface area contributed by atoms with E-state index in [1.165, 1.54) is 30.3 Å². The third-order valence-corrected chi connectivity index (χ3v) is 2.17. The maximum atomic E-state index is 12.7. The van der Waals surface area contributed by atoms with E-state index in [9.17, 15) is 9.18 Å². The fraction of sp³-hybridized carbons (Fsp3) is 0.231. The van der Waals surface area contributed by atoms with Crippen molar-refractivity contribution in [1.29, 1.82) is 5.26 Å². The van der Waals surface area contributed by atoms with Crippen molar-refractivity contribution in [2.24, 2.45) is 0 Å². The Balaban J connectivity index is 2.74. The highest BCUT2D eigenvalue weighted by Crippen LogP contribution is 2.08. The minimum Gasteiger partial charge on any atom is -0.396 e. The first-order valence-corrected chi connectivity index (χ1v) is 5.44. The average Bonchev–Trinajstić information content (AvgIpc) is 2.38. The lowest BCUT2D eigenvalue weighted by Gasteiger charge is -2.02. The van der Waals surface area contributed by atoms with E-state index in [4.69, 9.17) is 10.4 Å². The number of rotatable bonds is 5. The molecule has 0 heterocycles. The standard InChI is InChI=1S/C13H13FN2O2/c14-12-4-2-10(3-5-12)8-11(9-15)13(18)16-6-1-7-17/h2-5,8,17H,1,6-7H2,(H,16,18). The van der Waals surface area contributed by atoms with E-state index in [1.807, 2.05) is 0 Å². The third-order valence-electron chi connectivity index (χ3n) is 2.17. The van der Waals surface area contributed by atoms with E-state index < -0.39 is 5.91 Å². The van der Waals surface area contributed by atoms with Gasteiger partial charge in [0.25, 0.3) is 5.91 Å². The zero-order chi connectivity index (χ0) is 13.4. The van der Waals surface area contributed by atoms with E-state index >= 15 is 0 Å². The molecular weight excluding hydrogens is 235 g/mol. The van der Waals surface area contributed by atoms with Gasteiger partial charge in [-0.3, -0.25) is 4.79 Å². The molecule has 1 amide bonds. The van der Waals surface area contributed by atoms with Crippen molar-refractivity contribution in [3.8, 4) is 6.07 Å². The summed E-state index contributed by atoms with van der Waals surface area (Å²) in [6.07, 6.45) is 1.81. The summed E-state index contributed by atoms with van der Waals surface area (Å²) in [6.45, 7) is 0.279. The molecule has 0 saturated heterocycles. The van der Waals surface area contributed by atoms with Crippen LogP contribution in [0.4, 0.5) is 4.39 Å². The van der Waals surface area contributed by atoms with E-state index in [1.54, 1.807) is 6.07 Å². The van der Waals surface area contributed by atoms with Crippen LogP contribution in [-0.4, -0.2) is 24.2 Å². The Hall–Kier alpha value is -2.19. The molecule has 0 atom stereocenters. The van der Waals surface area contributed by atoms with Crippen molar-refractivity contribution in [2.75, 3.05) is 13.2 Å². The van der Waals surface area contributed by atoms with Gasteiger partial charge in [0.15, 0.2) is 0 Å². The summed E-state index contributed by atoms with van der Waals surface area (Å²) >= 11 is 0. The van der Waals surface area contributed by atoms with Crippen LogP contribution >= 0.6 is 0 Å². The van der Waals surface area contributed by atoms with Crippen LogP contribution in [0.25, 0.3) is 6.08 Å². The molecule has 0 radical (unpaired) electrons. The molecule has 0 aromatic heterocycles. The lowest BCUT2D eigenvalue weighted by Crippen LogP contribution is -2.26. The van der Waals surface area contributed by atoms with Gasteiger partial charge in [0.1, 0.15) is 17.5 Å². The molecule has 94 valence electrons. The first kappa shape index (κ1) is 13.9. The topological polar surface area (TPSA) is 73.1 Å². The highest BCUT2D eigenvalue weighted by molar-refractivity contribution is 6.01. The average molecular weight is 248 g/mol. The molecule has 1 aromatic rings. The number of benzene rings is 1. The molecule has 0 unspecified atom stereocenters. The highest BCUT2D eigenvalue weighted by Gasteiger charge is 2.07. The van der Waals surface area contributed by atoms with E-state index in [0.717, 1.165) is 0 Å². The van der Waals surface area contributed by atoms with Crippen molar-refractivity contribution in [3.05, 3.63) is 41.2 Å². The van der Waals surface area contributed by atoms with Gasteiger partial charge in [-0.15, -0.1) is 0 Å². The van der Waals surface area contributed by atoms with Gasteiger partial charge < -0.3 is 10.4 Å². The van der Waals surface area contributed by atoms with Gasteiger partial charge in [-0.05, 0) is 30.2 Å². The molecule has 2 N–H and O–H groups in total. The number of amides is 1. The summed E-state index contributed by atoms with van der Waals surface area (Å²) in [5, 5.41) is 19.9. The van der Waals surface area contributed by atoms with Gasteiger partial charge in [0.2, 0.25) is 0 Å². The Labute approximate surface area is 104 Å². The van der Waals surface area contributed by atoms with Crippen LogP contribution < -0.4 is 5.32 Å². The Kier molecular flexibility index (Phi) is 5.55. The molecular formula is C13H13FN2O2. The molecule has 0 saturated carbocycles. The Morgan fingerprint density at radius 1 is 1.44 bits per heavy atom. The Morgan fingerprint density at radius 2 is 2.11 bits per heavy atom. The molecule has 0 bridgehead atoms. The molecule has 0 aliphatic heterocycles. The monoisotopic (exact) mass is 248 g/mol. The minimum atomic E-state index is -0.504. The van der Waals surface area contributed by atoms with Gasteiger partial charge in [-0.25, -0.2) is 4.39 Å². The number of aliphatic hydroxyl groups excluding tert-OH is 1. The maximum absolute atomic E-state index is 12.7. The summed E-state index contributed by atoms with van der Waals surface area (Å²) in [5.41, 5.74) is 0.518. The first-order valence-electron chi connectivity index (χ1n) is 5.44. The number of nitrogens with zero attached hydrogens (tertiary/aromatic N) is 1. The third kappa shape index (κ3) is 4.36. The molecule has 0 aliphatic carbocycles. The number of nitriles is 1. The van der Waals surface area contributed by atoms with E-state index in [-0.39, 0.29) is 18.0 Å². The van der Waals surface area contributed by atoms with Gasteiger partial charge >= 0.3 is 0 Å². The molecule has 1 aromatic carbocycles. The van der Waals surface area contributed by atoms with Crippen molar-refractivity contribution >= 4 is 12.0 Å². The highest BCUT2D eigenvalue weighted by atomic mass is 19.1. The number of nitrogens with one attached hydrogen (secondary N) is 1. The number of hydrogen-bond donors (Lipinski definition) is 2. The predicted octanol–water partition coefficient (Wildman–Crippen LogP) is 1.23. The van der Waals surface area contributed by atoms with Crippen LogP contribution in [0.5, 0.6) is 0 Å². The van der Waals surface area contributed by atoms with Crippen LogP contribution in [-0.2, 0) is 4.79 Å². The molecule has 4 nitrogen and oxygen atoms in total. The molecule has 5 heteroatoms. The van der Waals surface area contributed by atoms with Crippen molar-refractivity contribution < 1.29 is 14.3 Å². The maximum Gasteiger partial charge on any atom is 0.261 e. The van der Waals surface area contributed by atoms with Crippen molar-refractivity contribution in [1.82, 2.24) is 5.32 Å². The molecule has 18 heavy (non-hydrogen) atoms. The number of carbonyl (C=O) groups is 1. The SMILES string of the molecule is N#CC(=Cc1ccc(F)cc1)C(=O)NCCCO. The molecule has 1 rings (SSSR count). The molecule has 0 spiro atoms. The lowest BCUT2D eigenvalue weighted by atomic mass is 10.1. The first-order chi connectivity index (χ1) is 8.67. The fourth-order valence-electron chi connectivity index (χ4n) is 1.25. The van der Waals surface area contributed by atoms with Crippen molar-refractivity contribution in [2.45, 2.75) is 6.42 Å². The number of hydrogen-bond acceptors (Lipinski definition) is 3. The second-order valence-corrected chi connectivity index (χ2v) is 3.55. The Morgan fingerprint density at radius 3 is 2.67 bits per heavy atom. The van der Waals surface area contributed by atoms with Gasteiger partial charge in [0, 0.05) is 13.2 Å². The van der Waals surface area contributed by atoms with Crippen LogP contribution in [0.15, 0.2) is 29.8 Å². The fourth-order valence-corrected chi connectivity index (χ4v) is 1.25. The van der Waals surface area contributed by atoms with E-state index in [2.05, 4.69) is 5.32 Å². The summed E-state index contributed by atoms with van der Waals surface area (Å²) in [6, 6.07) is 7.25. The van der Waals surface area contributed by atoms with Crippen LogP contribution in [0.2, 0.25) is 0 Å². The predicted molar refractivity (Wildman–Crippen MR) is 64.7 cm³/mol. The van der Waals surface area contributed by atoms with Crippen LogP contribution in [0.1, 0.15) is 12.0 Å². The van der Waals surface area contributed by atoms with Gasteiger partial charge in [-0.1, -0.05) is 12.1 Å². The lowest BCUT2D eigenvalue weighted by molar-refractivity contribution is -0.117. The van der Waals surface area contributed by atoms with Crippen molar-refractivity contribution in [3.63, 3.8) is 0 Å². The van der Waals surface area contributed by atoms with Gasteiger partial charge in [0.05, 0.1) is 0 Å². The smallest absolute Gasteiger partial charge is 0.261 e. The Bertz CT molecular complexity index is 475. The number of carbonyl (C=O) groups excluding carboxylic acids is 1. The summed E-state index contributed by atoms with van der Waals surface area (Å²) in [5.74, 6) is -0.881. The summed E-state index contributed by atoms with van der Waals surface area (Å²) in [7, 11) is 0. The minimum absolute atomic E-state index is 0.0240. The second-order valence-electron chi connectivity index (χ2n) is 3.55. The zero-order valence-electron chi connectivity index (χ0n) is 9.69. The normalized spacial score (nSPS) is 10.8. The molecule has 0 aliphatic rings. The molecule has 0 fully saturated rings. The summed E-state index contributed by atoms with van der Waals surface area (Å²) in [4.78, 5) is 11.6. The second kappa shape index (κ2) is 7.20. The summed E-state index contributed by atoms with van der Waals surface area (Å²) < 4.78 is 12.7. The zero-order valence-corrected chi connectivity index (χ0v) is 9.69. The van der Waals surface area contributed by atoms with Gasteiger partial charge in [-0.2, -0.15) is 5.26 Å². The van der Waals surface area contributed by atoms with Crippen LogP contribution in [0, 0.1) is 17.1 Å². The number of aliphatic hydroxyl groups is 1.